The molecule has 0 radical (unpaired) electrons. The van der Waals surface area contributed by atoms with Gasteiger partial charge < -0.3 is 19.4 Å². The first-order valence-corrected chi connectivity index (χ1v) is 11.4. The molecule has 6 nitrogen and oxygen atoms in total. The summed E-state index contributed by atoms with van der Waals surface area (Å²) in [6, 6.07) is 19.5. The number of aryl methyl sites for hydroxylation is 1. The zero-order valence-electron chi connectivity index (χ0n) is 19.0. The van der Waals surface area contributed by atoms with E-state index in [1.54, 1.807) is 36.9 Å². The van der Waals surface area contributed by atoms with Gasteiger partial charge in [0.25, 0.3) is 0 Å². The number of esters is 2. The average Bonchev–Trinajstić information content (AvgIpc) is 3.57. The number of hydrogen-bond donors (Lipinski definition) is 2. The smallest absolute Gasteiger partial charge is 0.340 e. The highest BCUT2D eigenvalue weighted by Crippen LogP contribution is 2.46. The number of ether oxygens (including phenoxy) is 2. The summed E-state index contributed by atoms with van der Waals surface area (Å²) in [4.78, 5) is 31.9. The monoisotopic (exact) mass is 454 g/mol. The maximum atomic E-state index is 13.1. The van der Waals surface area contributed by atoms with Gasteiger partial charge in [-0.1, -0.05) is 55.5 Å². The fraction of sp³-hybridized carbons (Fsp3) is 0.214. The van der Waals surface area contributed by atoms with Crippen molar-refractivity contribution in [1.82, 2.24) is 9.97 Å². The zero-order chi connectivity index (χ0) is 23.7. The van der Waals surface area contributed by atoms with E-state index in [-0.39, 0.29) is 11.8 Å². The Morgan fingerprint density at radius 1 is 0.706 bits per heavy atom. The quantitative estimate of drug-likeness (QED) is 0.398. The van der Waals surface area contributed by atoms with Gasteiger partial charge in [0, 0.05) is 30.7 Å². The summed E-state index contributed by atoms with van der Waals surface area (Å²) in [5, 5.41) is 0. The molecule has 6 heteroatoms. The van der Waals surface area contributed by atoms with Crippen LogP contribution in [0.3, 0.4) is 0 Å². The van der Waals surface area contributed by atoms with E-state index >= 15 is 0 Å². The first kappa shape index (κ1) is 21.8. The number of carbonyl (C=O) groups is 2. The van der Waals surface area contributed by atoms with Crippen LogP contribution in [-0.2, 0) is 9.47 Å². The molecule has 2 aromatic carbocycles. The fourth-order valence-corrected chi connectivity index (χ4v) is 4.91. The Bertz CT molecular complexity index is 1290. The van der Waals surface area contributed by atoms with E-state index in [2.05, 4.69) is 28.2 Å². The maximum absolute atomic E-state index is 13.1. The van der Waals surface area contributed by atoms with Gasteiger partial charge in [-0.15, -0.1) is 0 Å². The minimum atomic E-state index is -0.712. The van der Waals surface area contributed by atoms with Gasteiger partial charge in [-0.05, 0) is 41.3 Å². The molecule has 0 amide bonds. The molecule has 2 aromatic heterocycles. The van der Waals surface area contributed by atoms with Crippen LogP contribution in [0.5, 0.6) is 0 Å². The first-order valence-electron chi connectivity index (χ1n) is 11.4. The Hall–Kier alpha value is -4.06. The van der Waals surface area contributed by atoms with Crippen LogP contribution in [0.25, 0.3) is 0 Å². The summed E-state index contributed by atoms with van der Waals surface area (Å²) in [7, 11) is 0. The van der Waals surface area contributed by atoms with Crippen LogP contribution in [0.4, 0.5) is 0 Å². The normalized spacial score (nSPS) is 21.5. The first-order chi connectivity index (χ1) is 16.5. The molecule has 1 aliphatic carbocycles. The number of rotatable bonds is 5. The maximum Gasteiger partial charge on any atom is 0.340 e. The SMILES string of the molecule is Cc1ccccc1C1c2ccccc2C(C)C(OC(=O)c2cc[nH]c2)C1OC(=O)c1cc[nH]c1. The molecule has 4 aromatic rings. The van der Waals surface area contributed by atoms with E-state index in [9.17, 15) is 9.59 Å². The molecule has 0 bridgehead atoms. The van der Waals surface area contributed by atoms with Gasteiger partial charge in [-0.3, -0.25) is 0 Å². The van der Waals surface area contributed by atoms with Gasteiger partial charge in [0.1, 0.15) is 6.10 Å². The molecule has 0 fully saturated rings. The van der Waals surface area contributed by atoms with Crippen molar-refractivity contribution in [3.8, 4) is 0 Å². The van der Waals surface area contributed by atoms with Gasteiger partial charge in [-0.25, -0.2) is 9.59 Å². The van der Waals surface area contributed by atoms with Gasteiger partial charge in [0.2, 0.25) is 0 Å². The van der Waals surface area contributed by atoms with Crippen LogP contribution in [0.15, 0.2) is 85.5 Å². The lowest BCUT2D eigenvalue weighted by Gasteiger charge is -2.42. The molecular weight excluding hydrogens is 428 g/mol. The van der Waals surface area contributed by atoms with Crippen molar-refractivity contribution in [3.05, 3.63) is 119 Å². The number of hydrogen-bond acceptors (Lipinski definition) is 4. The number of nitrogens with one attached hydrogen (secondary N) is 2. The fourth-order valence-electron chi connectivity index (χ4n) is 4.91. The molecule has 4 atom stereocenters. The highest BCUT2D eigenvalue weighted by Gasteiger charge is 2.46. The van der Waals surface area contributed by atoms with Crippen LogP contribution in [-0.4, -0.2) is 34.1 Å². The molecule has 172 valence electrons. The van der Waals surface area contributed by atoms with Crippen LogP contribution in [0, 0.1) is 6.92 Å². The van der Waals surface area contributed by atoms with E-state index in [1.165, 1.54) is 0 Å². The highest BCUT2D eigenvalue weighted by atomic mass is 16.6. The van der Waals surface area contributed by atoms with Crippen molar-refractivity contribution in [2.45, 2.75) is 37.9 Å². The Morgan fingerprint density at radius 3 is 1.79 bits per heavy atom. The van der Waals surface area contributed by atoms with E-state index in [0.29, 0.717) is 11.1 Å². The second-order valence-corrected chi connectivity index (χ2v) is 8.69. The van der Waals surface area contributed by atoms with E-state index in [4.69, 9.17) is 9.47 Å². The average molecular weight is 455 g/mol. The largest absolute Gasteiger partial charge is 0.454 e. The van der Waals surface area contributed by atoms with Crippen LogP contribution >= 0.6 is 0 Å². The van der Waals surface area contributed by atoms with Gasteiger partial charge >= 0.3 is 11.9 Å². The van der Waals surface area contributed by atoms with E-state index in [0.717, 1.165) is 22.3 Å². The summed E-state index contributed by atoms with van der Waals surface area (Å²) in [5.74, 6) is -1.38. The van der Waals surface area contributed by atoms with Crippen molar-refractivity contribution in [2.24, 2.45) is 0 Å². The molecule has 0 saturated heterocycles. The summed E-state index contributed by atoms with van der Waals surface area (Å²) in [6.45, 7) is 4.06. The van der Waals surface area contributed by atoms with Crippen molar-refractivity contribution >= 4 is 11.9 Å². The van der Waals surface area contributed by atoms with E-state index in [1.807, 2.05) is 44.2 Å². The van der Waals surface area contributed by atoms with Crippen LogP contribution in [0.2, 0.25) is 0 Å². The lowest BCUT2D eigenvalue weighted by Crippen LogP contribution is -2.46. The lowest BCUT2D eigenvalue weighted by molar-refractivity contribution is -0.0532. The highest BCUT2D eigenvalue weighted by molar-refractivity contribution is 5.90. The standard InChI is InChI=1S/C28H26N2O4/c1-17-7-3-4-8-21(17)24-23-10-6-5-9-22(23)18(2)25(33-27(31)19-11-13-29-15-19)26(24)34-28(32)20-12-14-30-16-20/h3-16,18,24-26,29-30H,1-2H3. The molecule has 2 heterocycles. The summed E-state index contributed by atoms with van der Waals surface area (Å²) < 4.78 is 12.3. The summed E-state index contributed by atoms with van der Waals surface area (Å²) in [5.41, 5.74) is 5.12. The Balaban J connectivity index is 1.63. The van der Waals surface area contributed by atoms with Crippen LogP contribution in [0.1, 0.15) is 61.7 Å². The van der Waals surface area contributed by atoms with E-state index < -0.39 is 24.1 Å². The Kier molecular flexibility index (Phi) is 5.80. The third kappa shape index (κ3) is 3.92. The van der Waals surface area contributed by atoms with Crippen LogP contribution < -0.4 is 0 Å². The molecule has 4 unspecified atom stereocenters. The van der Waals surface area contributed by atoms with Crippen molar-refractivity contribution < 1.29 is 19.1 Å². The molecule has 1 aliphatic rings. The molecule has 0 saturated carbocycles. The van der Waals surface area contributed by atoms with Crippen molar-refractivity contribution in [1.29, 1.82) is 0 Å². The van der Waals surface area contributed by atoms with Crippen molar-refractivity contribution in [3.63, 3.8) is 0 Å². The molecule has 5 rings (SSSR count). The number of H-pyrrole nitrogens is 2. The van der Waals surface area contributed by atoms with Crippen molar-refractivity contribution in [2.75, 3.05) is 0 Å². The Morgan fingerprint density at radius 2 is 1.24 bits per heavy atom. The van der Waals surface area contributed by atoms with Gasteiger partial charge in [0.15, 0.2) is 6.10 Å². The number of aromatic amines is 2. The van der Waals surface area contributed by atoms with Gasteiger partial charge in [-0.2, -0.15) is 0 Å². The summed E-state index contributed by atoms with van der Waals surface area (Å²) >= 11 is 0. The topological polar surface area (TPSA) is 84.2 Å². The molecule has 34 heavy (non-hydrogen) atoms. The molecule has 2 N–H and O–H groups in total. The molecule has 0 spiro atoms. The number of carbonyl (C=O) groups excluding carboxylic acids is 2. The minimum Gasteiger partial charge on any atom is -0.454 e. The zero-order valence-corrected chi connectivity index (χ0v) is 19.0. The lowest BCUT2D eigenvalue weighted by atomic mass is 9.70. The number of fused-ring (bicyclic) bond motifs is 1. The minimum absolute atomic E-state index is 0.177. The predicted molar refractivity (Wildman–Crippen MR) is 128 cm³/mol. The third-order valence-electron chi connectivity index (χ3n) is 6.64. The summed E-state index contributed by atoms with van der Waals surface area (Å²) in [6.07, 6.45) is 5.17. The molecular formula is C28H26N2O4. The number of benzene rings is 2. The second kappa shape index (κ2) is 9.06. The second-order valence-electron chi connectivity index (χ2n) is 8.69. The molecule has 0 aliphatic heterocycles. The Labute approximate surface area is 197 Å². The third-order valence-corrected chi connectivity index (χ3v) is 6.64. The van der Waals surface area contributed by atoms with Gasteiger partial charge in [0.05, 0.1) is 17.0 Å². The predicted octanol–water partition coefficient (Wildman–Crippen LogP) is 5.35. The number of aromatic nitrogens is 2.